The normalized spacial score (nSPS) is 11.7. The molecule has 0 unspecified atom stereocenters. The van der Waals surface area contributed by atoms with Gasteiger partial charge in [-0.25, -0.2) is 0 Å². The first-order valence-corrected chi connectivity index (χ1v) is 14.3. The topological polar surface area (TPSA) is 294 Å². The molecule has 45 heavy (non-hydrogen) atoms. The molecule has 0 fully saturated rings. The molecule has 1 aliphatic rings. The van der Waals surface area contributed by atoms with Gasteiger partial charge in [0.25, 0.3) is 5.91 Å². The van der Waals surface area contributed by atoms with E-state index in [1.165, 1.54) is 0 Å². The van der Waals surface area contributed by atoms with Crippen molar-refractivity contribution in [2.75, 3.05) is 49.9 Å². The molecule has 0 saturated carbocycles. The lowest BCUT2D eigenvalue weighted by Gasteiger charge is -2.24. The minimum atomic E-state index is -0.493. The van der Waals surface area contributed by atoms with Gasteiger partial charge in [0.15, 0.2) is 40.8 Å². The van der Waals surface area contributed by atoms with E-state index in [4.69, 9.17) is 38.8 Å². The van der Waals surface area contributed by atoms with Gasteiger partial charge < -0.3 is 54.8 Å². The fourth-order valence-corrected chi connectivity index (χ4v) is 4.90. The summed E-state index contributed by atoms with van der Waals surface area (Å²) >= 11 is 0. The number of nitrogens with one attached hydrogen (secondary N) is 3. The zero-order valence-corrected chi connectivity index (χ0v) is 24.7. The van der Waals surface area contributed by atoms with Crippen LogP contribution in [0.15, 0.2) is 49.7 Å². The molecular formula is C29H38N12O4. The second-order valence-electron chi connectivity index (χ2n) is 10.1. The molecule has 0 atom stereocenters. The Kier molecular flexibility index (Phi) is 10.4. The summed E-state index contributed by atoms with van der Waals surface area (Å²) in [6.45, 7) is 1.97. The van der Waals surface area contributed by atoms with Crippen LogP contribution in [0.3, 0.4) is 0 Å². The summed E-state index contributed by atoms with van der Waals surface area (Å²) < 4.78 is 6.12. The van der Waals surface area contributed by atoms with Crippen LogP contribution in [0, 0.1) is 0 Å². The summed E-state index contributed by atoms with van der Waals surface area (Å²) in [5, 5.41) is 9.75. The van der Waals surface area contributed by atoms with E-state index in [2.05, 4.69) is 30.9 Å². The SMILES string of the molecule is NC(N)=NCCCNC(=O)c1cc2c(NCCCN=C(N)N)c3c(c(NCCCN=C(N)N)c2o1)C(=O)c1ccccc1C3=O. The van der Waals surface area contributed by atoms with Crippen molar-refractivity contribution in [1.29, 1.82) is 0 Å². The molecule has 0 saturated heterocycles. The van der Waals surface area contributed by atoms with Gasteiger partial charge in [-0.3, -0.25) is 29.4 Å². The summed E-state index contributed by atoms with van der Waals surface area (Å²) in [6.07, 6.45) is 1.50. The molecule has 1 amide bonds. The zero-order valence-electron chi connectivity index (χ0n) is 24.7. The van der Waals surface area contributed by atoms with Gasteiger partial charge in [-0.15, -0.1) is 0 Å². The highest BCUT2D eigenvalue weighted by atomic mass is 16.3. The van der Waals surface area contributed by atoms with Gasteiger partial charge in [0.2, 0.25) is 0 Å². The van der Waals surface area contributed by atoms with Crippen LogP contribution in [0.25, 0.3) is 11.0 Å². The van der Waals surface area contributed by atoms with Crippen LogP contribution in [-0.4, -0.2) is 74.6 Å². The minimum absolute atomic E-state index is 0.0151. The number of hydrogen-bond donors (Lipinski definition) is 9. The Morgan fingerprint density at radius 2 is 1.16 bits per heavy atom. The van der Waals surface area contributed by atoms with Crippen LogP contribution >= 0.6 is 0 Å². The summed E-state index contributed by atoms with van der Waals surface area (Å²) in [4.78, 5) is 53.1. The number of carbonyl (C=O) groups excluding carboxylic acids is 3. The Hall–Kier alpha value is -5.80. The number of amides is 1. The summed E-state index contributed by atoms with van der Waals surface area (Å²) in [5.74, 6) is -1.33. The number of hydrogen-bond acceptors (Lipinski definition) is 9. The predicted octanol–water partition coefficient (Wildman–Crippen LogP) is -0.248. The average molecular weight is 619 g/mol. The van der Waals surface area contributed by atoms with E-state index < -0.39 is 5.91 Å². The van der Waals surface area contributed by atoms with E-state index in [-0.39, 0.29) is 75.3 Å². The Morgan fingerprint density at radius 1 is 0.689 bits per heavy atom. The fraction of sp³-hybridized carbons (Fsp3) is 0.310. The quantitative estimate of drug-likeness (QED) is 0.0361. The lowest BCUT2D eigenvalue weighted by molar-refractivity contribution is 0.0927. The maximum atomic E-state index is 14.0. The van der Waals surface area contributed by atoms with Crippen molar-refractivity contribution in [2.24, 2.45) is 49.4 Å². The van der Waals surface area contributed by atoms with Crippen LogP contribution < -0.4 is 50.4 Å². The van der Waals surface area contributed by atoms with E-state index in [0.29, 0.717) is 63.1 Å². The van der Waals surface area contributed by atoms with Gasteiger partial charge in [-0.2, -0.15) is 0 Å². The van der Waals surface area contributed by atoms with Crippen LogP contribution in [0.5, 0.6) is 0 Å². The van der Waals surface area contributed by atoms with Gasteiger partial charge in [-0.1, -0.05) is 24.3 Å². The predicted molar refractivity (Wildman–Crippen MR) is 175 cm³/mol. The molecule has 1 heterocycles. The number of fused-ring (bicyclic) bond motifs is 3. The number of benzene rings is 2. The standard InChI is InChI=1S/C29H38N12O4/c30-27(31)39-11-3-8-36-21-17-14-18(26(44)38-10-5-13-41-29(34)35)45-25(17)22(37-9-4-12-40-28(32)33)20-19(21)23(42)15-6-1-2-7-16(15)24(20)43/h1-2,6-7,14,36-37H,3-5,8-13H2,(H,38,44)(H4,30,31,39)(H4,32,33,40)(H4,34,35,41). The second-order valence-corrected chi connectivity index (χ2v) is 10.1. The fourth-order valence-electron chi connectivity index (χ4n) is 4.90. The van der Waals surface area contributed by atoms with E-state index >= 15 is 0 Å². The third-order valence-electron chi connectivity index (χ3n) is 6.85. The average Bonchev–Trinajstić information content (AvgIpc) is 3.45. The third kappa shape index (κ3) is 7.59. The molecule has 0 aliphatic heterocycles. The molecule has 0 bridgehead atoms. The van der Waals surface area contributed by atoms with Crippen molar-refractivity contribution in [1.82, 2.24) is 5.32 Å². The van der Waals surface area contributed by atoms with Crippen molar-refractivity contribution in [3.8, 4) is 0 Å². The number of guanidine groups is 3. The number of nitrogens with two attached hydrogens (primary N) is 6. The highest BCUT2D eigenvalue weighted by Gasteiger charge is 2.37. The van der Waals surface area contributed by atoms with Gasteiger partial charge in [0.1, 0.15) is 0 Å². The maximum Gasteiger partial charge on any atom is 0.287 e. The molecule has 16 heteroatoms. The minimum Gasteiger partial charge on any atom is -0.449 e. The van der Waals surface area contributed by atoms with Crippen LogP contribution in [0.4, 0.5) is 11.4 Å². The lowest BCUT2D eigenvalue weighted by atomic mass is 9.81. The molecule has 238 valence electrons. The summed E-state index contributed by atoms with van der Waals surface area (Å²) in [7, 11) is 0. The Labute approximate surface area is 258 Å². The van der Waals surface area contributed by atoms with E-state index in [0.717, 1.165) is 0 Å². The first-order chi connectivity index (χ1) is 21.6. The van der Waals surface area contributed by atoms with Crippen molar-refractivity contribution in [2.45, 2.75) is 19.3 Å². The molecular weight excluding hydrogens is 580 g/mol. The summed E-state index contributed by atoms with van der Waals surface area (Å²) in [6, 6.07) is 8.16. The Morgan fingerprint density at radius 3 is 1.67 bits per heavy atom. The molecule has 4 rings (SSSR count). The lowest BCUT2D eigenvalue weighted by Crippen LogP contribution is -2.26. The number of nitrogens with zero attached hydrogens (tertiary/aromatic N) is 3. The zero-order chi connectivity index (χ0) is 32.5. The summed E-state index contributed by atoms with van der Waals surface area (Å²) in [5.41, 5.74) is 34.2. The van der Waals surface area contributed by atoms with Gasteiger partial charge in [0.05, 0.1) is 22.5 Å². The van der Waals surface area contributed by atoms with Crippen LogP contribution in [-0.2, 0) is 0 Å². The monoisotopic (exact) mass is 618 g/mol. The first-order valence-electron chi connectivity index (χ1n) is 14.3. The number of carbonyl (C=O) groups is 3. The van der Waals surface area contributed by atoms with Crippen molar-refractivity contribution >= 4 is 57.7 Å². The molecule has 1 aromatic heterocycles. The number of anilines is 2. The first kappa shape index (κ1) is 32.1. The van der Waals surface area contributed by atoms with Gasteiger partial charge >= 0.3 is 0 Å². The third-order valence-corrected chi connectivity index (χ3v) is 6.85. The Bertz CT molecular complexity index is 1580. The number of aliphatic imine (C=N–C) groups is 3. The molecule has 2 aromatic carbocycles. The highest BCUT2D eigenvalue weighted by Crippen LogP contribution is 2.44. The molecule has 16 nitrogen and oxygen atoms in total. The number of furan rings is 1. The van der Waals surface area contributed by atoms with E-state index in [1.54, 1.807) is 30.3 Å². The smallest absolute Gasteiger partial charge is 0.287 e. The molecule has 0 spiro atoms. The number of ketones is 2. The van der Waals surface area contributed by atoms with Crippen molar-refractivity contribution in [3.63, 3.8) is 0 Å². The highest BCUT2D eigenvalue weighted by molar-refractivity contribution is 6.35. The van der Waals surface area contributed by atoms with Crippen LogP contribution in [0.1, 0.15) is 61.7 Å². The molecule has 15 N–H and O–H groups in total. The second kappa shape index (κ2) is 14.6. The molecule has 0 radical (unpaired) electrons. The Balaban J connectivity index is 1.80. The maximum absolute atomic E-state index is 14.0. The molecule has 3 aromatic rings. The van der Waals surface area contributed by atoms with Crippen LogP contribution in [0.2, 0.25) is 0 Å². The van der Waals surface area contributed by atoms with E-state index in [1.807, 2.05) is 0 Å². The number of rotatable bonds is 15. The molecule has 1 aliphatic carbocycles. The van der Waals surface area contributed by atoms with Gasteiger partial charge in [0, 0.05) is 55.8 Å². The van der Waals surface area contributed by atoms with Gasteiger partial charge in [-0.05, 0) is 25.3 Å². The largest absolute Gasteiger partial charge is 0.449 e. The van der Waals surface area contributed by atoms with Crippen molar-refractivity contribution < 1.29 is 18.8 Å². The van der Waals surface area contributed by atoms with E-state index in [9.17, 15) is 14.4 Å². The van der Waals surface area contributed by atoms with Crippen molar-refractivity contribution in [3.05, 3.63) is 58.3 Å².